The van der Waals surface area contributed by atoms with E-state index in [-0.39, 0.29) is 11.2 Å². The first-order valence-corrected chi connectivity index (χ1v) is 12.6. The van der Waals surface area contributed by atoms with Crippen molar-refractivity contribution in [1.29, 1.82) is 0 Å². The van der Waals surface area contributed by atoms with Gasteiger partial charge in [0.2, 0.25) is 5.91 Å². The fourth-order valence-electron chi connectivity index (χ4n) is 4.28. The van der Waals surface area contributed by atoms with Crippen LogP contribution in [0, 0.1) is 0 Å². The summed E-state index contributed by atoms with van der Waals surface area (Å²) in [7, 11) is 0. The number of carbonyl (C=O) groups excluding carboxylic acids is 1. The van der Waals surface area contributed by atoms with E-state index in [9.17, 15) is 4.79 Å². The molecule has 1 amide bonds. The molecule has 0 saturated carbocycles. The van der Waals surface area contributed by atoms with Gasteiger partial charge in [0.25, 0.3) is 0 Å². The van der Waals surface area contributed by atoms with Gasteiger partial charge in [0.15, 0.2) is 11.0 Å². The van der Waals surface area contributed by atoms with Crippen molar-refractivity contribution in [2.24, 2.45) is 0 Å². The van der Waals surface area contributed by atoms with Gasteiger partial charge in [-0.3, -0.25) is 14.3 Å². The lowest BCUT2D eigenvalue weighted by Gasteiger charge is -2.36. The molecule has 2 aromatic heterocycles. The number of amides is 1. The molecule has 0 bridgehead atoms. The number of rotatable bonds is 8. The molecule has 3 aromatic rings. The zero-order chi connectivity index (χ0) is 23.2. The molecule has 4 rings (SSSR count). The van der Waals surface area contributed by atoms with E-state index in [2.05, 4.69) is 27.0 Å². The minimum atomic E-state index is -0.256. The fraction of sp³-hybridized carbons (Fsp3) is 0.440. The number of pyridine rings is 1. The first-order valence-electron chi connectivity index (χ1n) is 11.7. The fourth-order valence-corrected chi connectivity index (χ4v) is 5.22. The third kappa shape index (κ3) is 5.21. The number of benzene rings is 1. The molecule has 8 heteroatoms. The predicted molar refractivity (Wildman–Crippen MR) is 131 cm³/mol. The normalized spacial score (nSPS) is 17.1. The average molecular weight is 466 g/mol. The van der Waals surface area contributed by atoms with Crippen LogP contribution in [0.2, 0.25) is 0 Å². The second kappa shape index (κ2) is 10.8. The molecule has 3 heterocycles. The second-order valence-electron chi connectivity index (χ2n) is 8.15. The van der Waals surface area contributed by atoms with Gasteiger partial charge in [-0.25, -0.2) is 0 Å². The standard InChI is InChI=1S/C25H31N5O2S/c1-4-20-8-6-7-17-29(20)24(31)18(3)33-25-28-27-23(19-13-15-26-16-14-19)30(25)21-9-11-22(12-10-21)32-5-2/h9-16,18,20H,4-8,17H2,1-3H3. The molecule has 0 spiro atoms. The molecule has 1 fully saturated rings. The van der Waals surface area contributed by atoms with Crippen molar-refractivity contribution in [3.63, 3.8) is 0 Å². The minimum Gasteiger partial charge on any atom is -0.494 e. The Bertz CT molecular complexity index is 1050. The van der Waals surface area contributed by atoms with Crippen LogP contribution in [0.5, 0.6) is 5.75 Å². The first kappa shape index (κ1) is 23.3. The maximum Gasteiger partial charge on any atom is 0.236 e. The summed E-state index contributed by atoms with van der Waals surface area (Å²) in [5.74, 6) is 1.71. The average Bonchev–Trinajstić information content (AvgIpc) is 3.28. The lowest BCUT2D eigenvalue weighted by Crippen LogP contribution is -2.46. The molecule has 1 aliphatic rings. The summed E-state index contributed by atoms with van der Waals surface area (Å²) < 4.78 is 7.61. The van der Waals surface area contributed by atoms with Crippen molar-refractivity contribution in [3.8, 4) is 22.8 Å². The Hall–Kier alpha value is -2.87. The van der Waals surface area contributed by atoms with Gasteiger partial charge in [-0.05, 0) is 75.9 Å². The van der Waals surface area contributed by atoms with Gasteiger partial charge < -0.3 is 9.64 Å². The highest BCUT2D eigenvalue weighted by Crippen LogP contribution is 2.32. The lowest BCUT2D eigenvalue weighted by molar-refractivity contribution is -0.134. The van der Waals surface area contributed by atoms with Gasteiger partial charge in [0.05, 0.1) is 11.9 Å². The molecule has 0 aliphatic carbocycles. The summed E-state index contributed by atoms with van der Waals surface area (Å²) in [4.78, 5) is 19.5. The van der Waals surface area contributed by atoms with E-state index in [4.69, 9.17) is 4.74 Å². The van der Waals surface area contributed by atoms with Gasteiger partial charge in [0.1, 0.15) is 5.75 Å². The van der Waals surface area contributed by atoms with E-state index in [0.29, 0.717) is 23.6 Å². The highest BCUT2D eigenvalue weighted by Gasteiger charge is 2.30. The van der Waals surface area contributed by atoms with E-state index in [1.807, 2.05) is 54.8 Å². The van der Waals surface area contributed by atoms with E-state index in [1.54, 1.807) is 12.4 Å². The Morgan fingerprint density at radius 3 is 2.58 bits per heavy atom. The summed E-state index contributed by atoms with van der Waals surface area (Å²) in [6.45, 7) is 7.56. The van der Waals surface area contributed by atoms with Gasteiger partial charge >= 0.3 is 0 Å². The van der Waals surface area contributed by atoms with Crippen molar-refractivity contribution in [3.05, 3.63) is 48.8 Å². The molecule has 1 saturated heterocycles. The largest absolute Gasteiger partial charge is 0.494 e. The molecule has 7 nitrogen and oxygen atoms in total. The summed E-state index contributed by atoms with van der Waals surface area (Å²) >= 11 is 1.46. The Balaban J connectivity index is 1.65. The van der Waals surface area contributed by atoms with Crippen molar-refractivity contribution >= 4 is 17.7 Å². The molecule has 1 aromatic carbocycles. The molecule has 33 heavy (non-hydrogen) atoms. The number of aromatic nitrogens is 4. The minimum absolute atomic E-state index is 0.179. The Kier molecular flexibility index (Phi) is 7.65. The van der Waals surface area contributed by atoms with Gasteiger partial charge in [-0.15, -0.1) is 10.2 Å². The molecule has 2 atom stereocenters. The number of piperidine rings is 1. The number of ether oxygens (including phenoxy) is 1. The first-order chi connectivity index (χ1) is 16.1. The topological polar surface area (TPSA) is 73.1 Å². The van der Waals surface area contributed by atoms with E-state index < -0.39 is 0 Å². The highest BCUT2D eigenvalue weighted by atomic mass is 32.2. The van der Waals surface area contributed by atoms with Crippen LogP contribution < -0.4 is 4.74 Å². The van der Waals surface area contributed by atoms with E-state index in [0.717, 1.165) is 42.8 Å². The lowest BCUT2D eigenvalue weighted by atomic mass is 10.00. The van der Waals surface area contributed by atoms with Gasteiger partial charge in [-0.2, -0.15) is 0 Å². The summed E-state index contributed by atoms with van der Waals surface area (Å²) in [5, 5.41) is 9.41. The molecule has 0 radical (unpaired) electrons. The second-order valence-corrected chi connectivity index (χ2v) is 9.46. The molecule has 174 valence electrons. The predicted octanol–water partition coefficient (Wildman–Crippen LogP) is 5.00. The zero-order valence-electron chi connectivity index (χ0n) is 19.5. The van der Waals surface area contributed by atoms with Crippen LogP contribution in [0.1, 0.15) is 46.5 Å². The molecule has 1 aliphatic heterocycles. The van der Waals surface area contributed by atoms with Crippen LogP contribution in [-0.4, -0.2) is 55.0 Å². The molecule has 2 unspecified atom stereocenters. The van der Waals surface area contributed by atoms with E-state index >= 15 is 0 Å². The third-order valence-electron chi connectivity index (χ3n) is 5.99. The van der Waals surface area contributed by atoms with Crippen molar-refractivity contribution in [2.45, 2.75) is 62.9 Å². The summed E-state index contributed by atoms with van der Waals surface area (Å²) in [5.41, 5.74) is 1.83. The number of hydrogen-bond donors (Lipinski definition) is 0. The Morgan fingerprint density at radius 2 is 1.88 bits per heavy atom. The molecule has 0 N–H and O–H groups in total. The van der Waals surface area contributed by atoms with Gasteiger partial charge in [0, 0.05) is 36.2 Å². The van der Waals surface area contributed by atoms with Crippen LogP contribution in [0.3, 0.4) is 0 Å². The zero-order valence-corrected chi connectivity index (χ0v) is 20.3. The monoisotopic (exact) mass is 465 g/mol. The van der Waals surface area contributed by atoms with Crippen LogP contribution in [0.15, 0.2) is 53.9 Å². The van der Waals surface area contributed by atoms with Crippen molar-refractivity contribution < 1.29 is 9.53 Å². The van der Waals surface area contributed by atoms with Crippen LogP contribution in [0.25, 0.3) is 17.1 Å². The highest BCUT2D eigenvalue weighted by molar-refractivity contribution is 8.00. The number of carbonyl (C=O) groups is 1. The Morgan fingerprint density at radius 1 is 1.12 bits per heavy atom. The summed E-state index contributed by atoms with van der Waals surface area (Å²) in [6.07, 6.45) is 7.85. The number of likely N-dealkylation sites (tertiary alicyclic amines) is 1. The van der Waals surface area contributed by atoms with Crippen LogP contribution >= 0.6 is 11.8 Å². The molecular formula is C25H31N5O2S. The SMILES string of the molecule is CCOc1ccc(-n2c(SC(C)C(=O)N3CCCCC3CC)nnc2-c2ccncc2)cc1. The van der Waals surface area contributed by atoms with E-state index in [1.165, 1.54) is 18.2 Å². The van der Waals surface area contributed by atoms with Gasteiger partial charge in [-0.1, -0.05) is 18.7 Å². The summed E-state index contributed by atoms with van der Waals surface area (Å²) in [6, 6.07) is 12.0. The molecular weight excluding hydrogens is 434 g/mol. The number of hydrogen-bond acceptors (Lipinski definition) is 6. The van der Waals surface area contributed by atoms with Crippen LogP contribution in [0.4, 0.5) is 0 Å². The quantitative estimate of drug-likeness (QED) is 0.436. The number of nitrogens with zero attached hydrogens (tertiary/aromatic N) is 5. The smallest absolute Gasteiger partial charge is 0.236 e. The van der Waals surface area contributed by atoms with Crippen molar-refractivity contribution in [2.75, 3.05) is 13.2 Å². The number of thioether (sulfide) groups is 1. The maximum absolute atomic E-state index is 13.3. The Labute approximate surface area is 199 Å². The third-order valence-corrected chi connectivity index (χ3v) is 7.02. The maximum atomic E-state index is 13.3. The van der Waals surface area contributed by atoms with Crippen molar-refractivity contribution in [1.82, 2.24) is 24.6 Å². The van der Waals surface area contributed by atoms with Crippen LogP contribution in [-0.2, 0) is 4.79 Å².